The van der Waals surface area contributed by atoms with Gasteiger partial charge in [0.2, 0.25) is 0 Å². The van der Waals surface area contributed by atoms with Crippen molar-refractivity contribution in [3.8, 4) is 0 Å². The first-order valence-electron chi connectivity index (χ1n) is 17.5. The number of halogens is 1. The van der Waals surface area contributed by atoms with Crippen LogP contribution in [0.4, 0.5) is 0 Å². The van der Waals surface area contributed by atoms with Crippen LogP contribution in [0.5, 0.6) is 0 Å². The Morgan fingerprint density at radius 2 is 1.45 bits per heavy atom. The van der Waals surface area contributed by atoms with Crippen molar-refractivity contribution >= 4 is 34.2 Å². The zero-order valence-corrected chi connectivity index (χ0v) is 33.6. The zero-order valence-electron chi connectivity index (χ0n) is 30.8. The third-order valence-corrected chi connectivity index (χ3v) is 20.4. The number of carbonyl (C=O) groups is 1. The van der Waals surface area contributed by atoms with Crippen LogP contribution in [-0.4, -0.2) is 59.0 Å². The Morgan fingerprint density at radius 3 is 2.00 bits per heavy atom. The predicted octanol–water partition coefficient (Wildman–Crippen LogP) is 10.7. The molecule has 2 aliphatic carbocycles. The summed E-state index contributed by atoms with van der Waals surface area (Å²) in [4.78, 5) is 12.0. The summed E-state index contributed by atoms with van der Waals surface area (Å²) in [7, 11) is -3.87. The van der Waals surface area contributed by atoms with Crippen LogP contribution in [0.25, 0.3) is 0 Å². The summed E-state index contributed by atoms with van der Waals surface area (Å²) >= 11 is 7.17. The predicted molar refractivity (Wildman–Crippen MR) is 192 cm³/mol. The van der Waals surface area contributed by atoms with Gasteiger partial charge in [-0.05, 0) is 113 Å². The number of hydrogen-bond acceptors (Lipinski definition) is 5. The normalized spacial score (nSPS) is 25.5. The van der Waals surface area contributed by atoms with Crippen molar-refractivity contribution in [3.05, 3.63) is 12.2 Å². The van der Waals surface area contributed by atoms with E-state index in [1.807, 2.05) is 26.8 Å². The third-order valence-electron chi connectivity index (χ3n) is 10.8. The molecule has 0 N–H and O–H groups in total. The molecule has 8 heteroatoms. The molecule has 0 bridgehead atoms. The average molecular weight is 674 g/mol. The average Bonchev–Trinajstić information content (AvgIpc) is 3.14. The monoisotopic (exact) mass is 672 g/mol. The summed E-state index contributed by atoms with van der Waals surface area (Å²) in [5.41, 5.74) is -0.502. The molecule has 5 nitrogen and oxygen atoms in total. The number of hydrogen-bond donors (Lipinski definition) is 0. The molecular formula is C36H69ClO5Si2. The summed E-state index contributed by atoms with van der Waals surface area (Å²) in [5, 5.41) is 0.428. The van der Waals surface area contributed by atoms with E-state index in [-0.39, 0.29) is 34.1 Å². The lowest BCUT2D eigenvalue weighted by Gasteiger charge is -2.43. The second-order valence-corrected chi connectivity index (χ2v) is 27.8. The first-order chi connectivity index (χ1) is 20.0. The van der Waals surface area contributed by atoms with Gasteiger partial charge >= 0.3 is 5.97 Å². The maximum absolute atomic E-state index is 12.0. The highest BCUT2D eigenvalue weighted by Gasteiger charge is 2.48. The van der Waals surface area contributed by atoms with Crippen molar-refractivity contribution in [1.29, 1.82) is 0 Å². The van der Waals surface area contributed by atoms with E-state index in [2.05, 4.69) is 73.8 Å². The molecule has 2 aliphatic rings. The van der Waals surface area contributed by atoms with Crippen LogP contribution in [-0.2, 0) is 23.1 Å². The van der Waals surface area contributed by atoms with Gasteiger partial charge in [0.1, 0.15) is 12.2 Å². The van der Waals surface area contributed by atoms with E-state index in [1.165, 1.54) is 32.1 Å². The lowest BCUT2D eigenvalue weighted by molar-refractivity contribution is -0.159. The minimum atomic E-state index is -1.96. The van der Waals surface area contributed by atoms with Crippen LogP contribution < -0.4 is 0 Å². The van der Waals surface area contributed by atoms with Crippen molar-refractivity contribution < 1.29 is 23.1 Å². The van der Waals surface area contributed by atoms with Crippen LogP contribution in [0.1, 0.15) is 120 Å². The second-order valence-electron chi connectivity index (χ2n) is 17.7. The highest BCUT2D eigenvalue weighted by atomic mass is 35.5. The van der Waals surface area contributed by atoms with Gasteiger partial charge in [-0.3, -0.25) is 0 Å². The molecule has 44 heavy (non-hydrogen) atoms. The summed E-state index contributed by atoms with van der Waals surface area (Å²) in [6.45, 7) is 29.5. The molecule has 2 saturated carbocycles. The highest BCUT2D eigenvalue weighted by Crippen LogP contribution is 2.48. The molecule has 0 aromatic rings. The third kappa shape index (κ3) is 12.4. The van der Waals surface area contributed by atoms with Crippen LogP contribution in [0, 0.1) is 17.8 Å². The molecule has 0 aromatic heterocycles. The van der Waals surface area contributed by atoms with Gasteiger partial charge in [0.15, 0.2) is 16.6 Å². The topological polar surface area (TPSA) is 54.0 Å². The van der Waals surface area contributed by atoms with E-state index in [0.717, 1.165) is 25.7 Å². The second kappa shape index (κ2) is 16.3. The minimum Gasteiger partial charge on any atom is -0.458 e. The Kier molecular flexibility index (Phi) is 14.8. The van der Waals surface area contributed by atoms with E-state index in [9.17, 15) is 4.79 Å². The van der Waals surface area contributed by atoms with Gasteiger partial charge in [-0.15, -0.1) is 11.6 Å². The molecule has 5 atom stereocenters. The molecule has 0 radical (unpaired) electrons. The molecule has 0 amide bonds. The number of rotatable bonds is 14. The SMILES string of the molecule is CC(C)(C)OC(=O)COC/C=C\C[C@@H]1[C@@H](CC[C@@H](O[Si](C)(C)C(C)(C)C)C2CCCCC2)[C@H](O[Si](C)(C)C(C)(C)C)C[C@H]1Cl. The van der Waals surface area contributed by atoms with Crippen molar-refractivity contribution in [2.75, 3.05) is 13.2 Å². The largest absolute Gasteiger partial charge is 0.458 e. The van der Waals surface area contributed by atoms with E-state index >= 15 is 0 Å². The van der Waals surface area contributed by atoms with Crippen molar-refractivity contribution in [2.45, 2.75) is 180 Å². The molecule has 0 saturated heterocycles. The lowest BCUT2D eigenvalue weighted by atomic mass is 9.81. The number of carbonyl (C=O) groups excluding carboxylic acids is 1. The molecule has 258 valence electrons. The van der Waals surface area contributed by atoms with Crippen molar-refractivity contribution in [2.24, 2.45) is 17.8 Å². The van der Waals surface area contributed by atoms with Gasteiger partial charge in [0.05, 0.1) is 6.61 Å². The fraction of sp³-hybridized carbons (Fsp3) is 0.917. The van der Waals surface area contributed by atoms with Gasteiger partial charge in [-0.2, -0.15) is 0 Å². The summed E-state index contributed by atoms with van der Waals surface area (Å²) in [6, 6.07) is 0. The maximum atomic E-state index is 12.0. The van der Waals surface area contributed by atoms with Crippen LogP contribution in [0.3, 0.4) is 0 Å². The zero-order chi connectivity index (χ0) is 33.6. The van der Waals surface area contributed by atoms with Gasteiger partial charge in [-0.1, -0.05) is 73.0 Å². The molecule has 0 spiro atoms. The molecule has 2 fully saturated rings. The van der Waals surface area contributed by atoms with E-state index < -0.39 is 22.2 Å². The summed E-state index contributed by atoms with van der Waals surface area (Å²) in [5.74, 6) is 1.06. The van der Waals surface area contributed by atoms with E-state index in [1.54, 1.807) is 0 Å². The van der Waals surface area contributed by atoms with Crippen LogP contribution in [0.2, 0.25) is 36.3 Å². The molecule has 0 unspecified atom stereocenters. The van der Waals surface area contributed by atoms with Gasteiger partial charge < -0.3 is 18.3 Å². The van der Waals surface area contributed by atoms with Crippen LogP contribution >= 0.6 is 11.6 Å². The molecule has 0 aliphatic heterocycles. The molecule has 0 aromatic carbocycles. The number of esters is 1. The van der Waals surface area contributed by atoms with Crippen molar-refractivity contribution in [1.82, 2.24) is 0 Å². The molecule has 0 heterocycles. The van der Waals surface area contributed by atoms with Gasteiger partial charge in [0, 0.05) is 17.6 Å². The Balaban J connectivity index is 2.19. The molecular weight excluding hydrogens is 604 g/mol. The first-order valence-corrected chi connectivity index (χ1v) is 23.7. The lowest BCUT2D eigenvalue weighted by Crippen LogP contribution is -2.47. The Morgan fingerprint density at radius 1 is 0.864 bits per heavy atom. The van der Waals surface area contributed by atoms with Gasteiger partial charge in [0.25, 0.3) is 0 Å². The Bertz CT molecular complexity index is 909. The first kappa shape index (κ1) is 40.0. The quantitative estimate of drug-likeness (QED) is 0.0604. The Hall–Kier alpha value is -0.186. The van der Waals surface area contributed by atoms with E-state index in [4.69, 9.17) is 29.9 Å². The van der Waals surface area contributed by atoms with Crippen molar-refractivity contribution in [3.63, 3.8) is 0 Å². The fourth-order valence-electron chi connectivity index (χ4n) is 6.24. The number of alkyl halides is 1. The number of ether oxygens (including phenoxy) is 2. The minimum absolute atomic E-state index is 0.0367. The maximum Gasteiger partial charge on any atom is 0.332 e. The van der Waals surface area contributed by atoms with E-state index in [0.29, 0.717) is 30.5 Å². The van der Waals surface area contributed by atoms with Gasteiger partial charge in [-0.25, -0.2) is 4.79 Å². The van der Waals surface area contributed by atoms with Crippen LogP contribution in [0.15, 0.2) is 12.2 Å². The Labute approximate surface area is 279 Å². The number of allylic oxidation sites excluding steroid dienone is 1. The standard InChI is InChI=1S/C36H69ClO5Si2/c1-34(2,3)40-33(38)26-39-24-18-17-21-28-29(32(25-30(28)37)42-44(12,13)36(7,8)9)22-23-31(27-19-15-14-16-20-27)41-43(10,11)35(4,5)6/h17-18,27-32H,14-16,19-26H2,1-13H3/b18-17-/t28-,29-,30-,31-,32-/m1/s1. The molecule has 2 rings (SSSR count). The summed E-state index contributed by atoms with van der Waals surface area (Å²) < 4.78 is 25.3. The smallest absolute Gasteiger partial charge is 0.332 e. The fourth-order valence-corrected chi connectivity index (χ4v) is 9.51. The summed E-state index contributed by atoms with van der Waals surface area (Å²) in [6.07, 6.45) is 15.3. The highest BCUT2D eigenvalue weighted by molar-refractivity contribution is 6.74.